The van der Waals surface area contributed by atoms with Crippen LogP contribution < -0.4 is 5.73 Å². The number of aromatic amines is 1. The molecule has 0 bridgehead atoms. The van der Waals surface area contributed by atoms with E-state index in [0.717, 1.165) is 16.3 Å². The molecular formula is C8H9N3S. The molecule has 0 spiro atoms. The molecule has 0 aliphatic heterocycles. The van der Waals surface area contributed by atoms with E-state index in [1.165, 1.54) is 0 Å². The predicted octanol–water partition coefficient (Wildman–Crippen LogP) is 1.60. The van der Waals surface area contributed by atoms with Crippen molar-refractivity contribution in [1.29, 1.82) is 0 Å². The number of rotatable bonds is 2. The Labute approximate surface area is 74.3 Å². The Kier molecular flexibility index (Phi) is 1.93. The minimum absolute atomic E-state index is 0.594. The van der Waals surface area contributed by atoms with Crippen molar-refractivity contribution in [2.45, 2.75) is 6.54 Å². The van der Waals surface area contributed by atoms with E-state index in [9.17, 15) is 0 Å². The molecule has 0 unspecified atom stereocenters. The monoisotopic (exact) mass is 179 g/mol. The van der Waals surface area contributed by atoms with Crippen LogP contribution >= 0.6 is 11.3 Å². The van der Waals surface area contributed by atoms with Gasteiger partial charge in [-0.2, -0.15) is 0 Å². The first-order chi connectivity index (χ1) is 5.90. The molecule has 0 aromatic carbocycles. The van der Waals surface area contributed by atoms with E-state index in [1.54, 1.807) is 17.5 Å². The fourth-order valence-electron chi connectivity index (χ4n) is 1.01. The Morgan fingerprint density at radius 2 is 2.50 bits per heavy atom. The summed E-state index contributed by atoms with van der Waals surface area (Å²) >= 11 is 1.66. The topological polar surface area (TPSA) is 54.7 Å². The lowest BCUT2D eigenvalue weighted by Crippen LogP contribution is -1.92. The average Bonchev–Trinajstić information content (AvgIpc) is 2.75. The summed E-state index contributed by atoms with van der Waals surface area (Å²) in [4.78, 5) is 8.34. The van der Waals surface area contributed by atoms with Crippen LogP contribution in [0.1, 0.15) is 5.56 Å². The van der Waals surface area contributed by atoms with Gasteiger partial charge in [-0.25, -0.2) is 4.98 Å². The fourth-order valence-corrected chi connectivity index (χ4v) is 1.89. The van der Waals surface area contributed by atoms with Gasteiger partial charge >= 0.3 is 0 Å². The van der Waals surface area contributed by atoms with Gasteiger partial charge in [-0.1, -0.05) is 0 Å². The summed E-state index contributed by atoms with van der Waals surface area (Å²) in [6.45, 7) is 0.594. The maximum absolute atomic E-state index is 5.49. The molecule has 2 rings (SSSR count). The molecule has 0 aliphatic rings. The van der Waals surface area contributed by atoms with Crippen LogP contribution in [0.5, 0.6) is 0 Å². The Morgan fingerprint density at radius 1 is 1.58 bits per heavy atom. The lowest BCUT2D eigenvalue weighted by molar-refractivity contribution is 1.08. The quantitative estimate of drug-likeness (QED) is 0.735. The van der Waals surface area contributed by atoms with Gasteiger partial charge in [0.25, 0.3) is 0 Å². The molecule has 3 nitrogen and oxygen atoms in total. The van der Waals surface area contributed by atoms with Crippen LogP contribution in [0.15, 0.2) is 23.8 Å². The van der Waals surface area contributed by atoms with Crippen molar-refractivity contribution < 1.29 is 0 Å². The largest absolute Gasteiger partial charge is 0.344 e. The summed E-state index contributed by atoms with van der Waals surface area (Å²) in [7, 11) is 0. The number of imidazole rings is 1. The smallest absolute Gasteiger partial charge is 0.147 e. The second-order valence-electron chi connectivity index (χ2n) is 2.46. The lowest BCUT2D eigenvalue weighted by Gasteiger charge is -1.87. The Morgan fingerprint density at radius 3 is 3.08 bits per heavy atom. The van der Waals surface area contributed by atoms with E-state index in [-0.39, 0.29) is 0 Å². The van der Waals surface area contributed by atoms with E-state index in [4.69, 9.17) is 5.73 Å². The molecule has 2 aromatic heterocycles. The van der Waals surface area contributed by atoms with Gasteiger partial charge in [-0.15, -0.1) is 11.3 Å². The van der Waals surface area contributed by atoms with Crippen molar-refractivity contribution in [3.05, 3.63) is 29.4 Å². The van der Waals surface area contributed by atoms with Crippen molar-refractivity contribution in [2.75, 3.05) is 0 Å². The number of nitrogens with one attached hydrogen (secondary N) is 1. The van der Waals surface area contributed by atoms with E-state index in [0.29, 0.717) is 6.54 Å². The predicted molar refractivity (Wildman–Crippen MR) is 49.8 cm³/mol. The van der Waals surface area contributed by atoms with Gasteiger partial charge in [0.05, 0.1) is 4.88 Å². The zero-order chi connectivity index (χ0) is 8.39. The van der Waals surface area contributed by atoms with Crippen LogP contribution in [0.3, 0.4) is 0 Å². The third kappa shape index (κ3) is 1.26. The first-order valence-electron chi connectivity index (χ1n) is 3.67. The molecule has 0 amide bonds. The van der Waals surface area contributed by atoms with E-state index in [1.807, 2.05) is 6.20 Å². The number of H-pyrrole nitrogens is 1. The fraction of sp³-hybridized carbons (Fsp3) is 0.125. The van der Waals surface area contributed by atoms with Crippen LogP contribution in [0.4, 0.5) is 0 Å². The highest BCUT2D eigenvalue weighted by atomic mass is 32.1. The van der Waals surface area contributed by atoms with Crippen LogP contribution in [-0.2, 0) is 6.54 Å². The zero-order valence-corrected chi connectivity index (χ0v) is 7.27. The minimum atomic E-state index is 0.594. The Hall–Kier alpha value is -1.13. The van der Waals surface area contributed by atoms with E-state index < -0.39 is 0 Å². The number of hydrogen-bond donors (Lipinski definition) is 2. The highest BCUT2D eigenvalue weighted by Crippen LogP contribution is 2.23. The Balaban J connectivity index is 2.35. The average molecular weight is 179 g/mol. The summed E-state index contributed by atoms with van der Waals surface area (Å²) in [6.07, 6.45) is 3.56. The molecule has 4 heteroatoms. The number of hydrogen-bond acceptors (Lipinski definition) is 3. The standard InChI is InChI=1S/C8H9N3S/c9-4-6-3-7(12-5-6)8-10-1-2-11-8/h1-3,5H,4,9H2,(H,10,11). The third-order valence-corrected chi connectivity index (χ3v) is 2.61. The number of thiophene rings is 1. The molecule has 0 saturated carbocycles. The van der Waals surface area contributed by atoms with Crippen molar-refractivity contribution in [3.63, 3.8) is 0 Å². The summed E-state index contributed by atoms with van der Waals surface area (Å²) in [5, 5.41) is 2.05. The van der Waals surface area contributed by atoms with Gasteiger partial charge < -0.3 is 10.7 Å². The molecule has 0 saturated heterocycles. The normalized spacial score (nSPS) is 10.4. The molecule has 2 aromatic rings. The second kappa shape index (κ2) is 3.08. The van der Waals surface area contributed by atoms with Crippen molar-refractivity contribution in [1.82, 2.24) is 9.97 Å². The van der Waals surface area contributed by atoms with Gasteiger partial charge in [0.15, 0.2) is 0 Å². The first kappa shape index (κ1) is 7.52. The summed E-state index contributed by atoms with van der Waals surface area (Å²) in [5.41, 5.74) is 6.65. The molecular weight excluding hydrogens is 170 g/mol. The SMILES string of the molecule is NCc1csc(-c2ncc[nH]2)c1. The van der Waals surface area contributed by atoms with Gasteiger partial charge in [-0.05, 0) is 17.0 Å². The third-order valence-electron chi connectivity index (χ3n) is 1.62. The molecule has 0 atom stereocenters. The van der Waals surface area contributed by atoms with E-state index >= 15 is 0 Å². The van der Waals surface area contributed by atoms with Crippen molar-refractivity contribution in [2.24, 2.45) is 5.73 Å². The van der Waals surface area contributed by atoms with Gasteiger partial charge in [-0.3, -0.25) is 0 Å². The number of nitrogens with two attached hydrogens (primary N) is 1. The lowest BCUT2D eigenvalue weighted by atomic mass is 10.3. The van der Waals surface area contributed by atoms with Crippen LogP contribution in [0.25, 0.3) is 10.7 Å². The molecule has 0 fully saturated rings. The van der Waals surface area contributed by atoms with Crippen LogP contribution in [-0.4, -0.2) is 9.97 Å². The molecule has 0 aliphatic carbocycles. The summed E-state index contributed by atoms with van der Waals surface area (Å²) in [6, 6.07) is 2.06. The second-order valence-corrected chi connectivity index (χ2v) is 3.37. The summed E-state index contributed by atoms with van der Waals surface area (Å²) in [5.74, 6) is 0.916. The molecule has 0 radical (unpaired) electrons. The van der Waals surface area contributed by atoms with Crippen LogP contribution in [0, 0.1) is 0 Å². The minimum Gasteiger partial charge on any atom is -0.344 e. The van der Waals surface area contributed by atoms with Gasteiger partial charge in [0.1, 0.15) is 5.82 Å². The number of nitrogens with zero attached hydrogens (tertiary/aromatic N) is 1. The molecule has 12 heavy (non-hydrogen) atoms. The van der Waals surface area contributed by atoms with Gasteiger partial charge in [0, 0.05) is 18.9 Å². The number of aromatic nitrogens is 2. The highest BCUT2D eigenvalue weighted by Gasteiger charge is 2.02. The van der Waals surface area contributed by atoms with E-state index in [2.05, 4.69) is 21.4 Å². The Bertz CT molecular complexity index is 350. The highest BCUT2D eigenvalue weighted by molar-refractivity contribution is 7.13. The maximum atomic E-state index is 5.49. The van der Waals surface area contributed by atoms with Crippen molar-refractivity contribution in [3.8, 4) is 10.7 Å². The van der Waals surface area contributed by atoms with Crippen LogP contribution in [0.2, 0.25) is 0 Å². The van der Waals surface area contributed by atoms with Gasteiger partial charge in [0.2, 0.25) is 0 Å². The maximum Gasteiger partial charge on any atom is 0.147 e. The molecule has 62 valence electrons. The zero-order valence-electron chi connectivity index (χ0n) is 6.45. The summed E-state index contributed by atoms with van der Waals surface area (Å²) < 4.78 is 0. The first-order valence-corrected chi connectivity index (χ1v) is 4.55. The van der Waals surface area contributed by atoms with Crippen molar-refractivity contribution >= 4 is 11.3 Å². The molecule has 2 heterocycles. The molecule has 3 N–H and O–H groups in total.